The Morgan fingerprint density at radius 3 is 1.08 bits per heavy atom. The lowest BCUT2D eigenvalue weighted by Gasteiger charge is -2.39. The molecule has 29 nitrogen and oxygen atoms in total. The number of nitrogens with one attached hydrogen (secondary N) is 2. The van der Waals surface area contributed by atoms with Gasteiger partial charge in [0.1, 0.15) is 0 Å². The van der Waals surface area contributed by atoms with E-state index in [-0.39, 0.29) is 91.6 Å². The SMILES string of the molecule is C#CC(c1ccccc1)N1CCN(c2cccc3c2C(=O)N(Cc2ccc(OC)c(OC)c2)C3=O)CC1.COc1ccc(CN2C(=O)c3cccc(N4CCN(Cc5cccc(C)c5)CC4)c3C2=O)cc1OC.COc1ccc(CN2C(=O)c3cccc(N4CCN(Cc5ccccc5C#N)CC4)c3C2=O)cc1OC.COc1ccc(CN2C(=O)c3cccc(N[C@@H]4CCCC[C@H]4NCc4ccccc4)c3C2=O)cc1OC. The maximum atomic E-state index is 13.5. The molecule has 0 radical (unpaired) electrons. The number of benzene rings is 12. The molecule has 20 rings (SSSR count). The number of nitrogens with zero attached hydrogens (tertiary/aromatic N) is 11. The van der Waals surface area contributed by atoms with E-state index in [1.807, 2.05) is 121 Å². The Kier molecular flexibility index (Phi) is 32.7. The van der Waals surface area contributed by atoms with Crippen molar-refractivity contribution in [3.63, 3.8) is 0 Å². The first-order valence-electron chi connectivity index (χ1n) is 49.5. The highest BCUT2D eigenvalue weighted by molar-refractivity contribution is 6.26. The van der Waals surface area contributed by atoms with Crippen LogP contribution >= 0.6 is 0 Å². The number of hydrogen-bond donors (Lipinski definition) is 2. The Bertz CT molecular complexity index is 6960. The summed E-state index contributed by atoms with van der Waals surface area (Å²) in [5, 5.41) is 16.7. The first-order valence-corrected chi connectivity index (χ1v) is 49.5. The van der Waals surface area contributed by atoms with E-state index in [2.05, 4.69) is 120 Å². The second-order valence-corrected chi connectivity index (χ2v) is 37.2. The van der Waals surface area contributed by atoms with Gasteiger partial charge in [0.2, 0.25) is 0 Å². The molecule has 29 heteroatoms. The predicted molar refractivity (Wildman–Crippen MR) is 563 cm³/mol. The lowest BCUT2D eigenvalue weighted by atomic mass is 9.89. The number of methoxy groups -OCH3 is 8. The average molecular weight is 1980 g/mol. The fraction of sp³-hybridized carbons (Fsp3) is 0.297. The topological polar surface area (TPSA) is 291 Å². The molecule has 3 saturated heterocycles. The van der Waals surface area contributed by atoms with E-state index in [1.165, 1.54) is 42.7 Å². The van der Waals surface area contributed by atoms with E-state index >= 15 is 0 Å². The summed E-state index contributed by atoms with van der Waals surface area (Å²) in [6.07, 6.45) is 10.3. The van der Waals surface area contributed by atoms with Crippen molar-refractivity contribution >= 4 is 70.0 Å². The number of amides is 8. The number of terminal acetylenes is 1. The highest BCUT2D eigenvalue weighted by Crippen LogP contribution is 2.42. The fourth-order valence-electron chi connectivity index (χ4n) is 20.6. The van der Waals surface area contributed by atoms with Gasteiger partial charge in [-0.05, 0) is 167 Å². The number of carbonyl (C=O) groups is 8. The van der Waals surface area contributed by atoms with Gasteiger partial charge in [0.25, 0.3) is 47.3 Å². The van der Waals surface area contributed by atoms with Crippen LogP contribution in [0.4, 0.5) is 22.7 Å². The number of ether oxygens (including phenoxy) is 8. The van der Waals surface area contributed by atoms with Crippen molar-refractivity contribution in [1.82, 2.24) is 39.6 Å². The van der Waals surface area contributed by atoms with Crippen LogP contribution in [0, 0.1) is 30.6 Å². The summed E-state index contributed by atoms with van der Waals surface area (Å²) < 4.78 is 42.7. The second-order valence-electron chi connectivity index (χ2n) is 37.2. The Morgan fingerprint density at radius 2 is 0.680 bits per heavy atom. The van der Waals surface area contributed by atoms with E-state index in [9.17, 15) is 43.6 Å². The van der Waals surface area contributed by atoms with Crippen molar-refractivity contribution in [3.05, 3.63) is 355 Å². The molecule has 1 unspecified atom stereocenters. The Morgan fingerprint density at radius 1 is 0.333 bits per heavy atom. The molecule has 0 bridgehead atoms. The first kappa shape index (κ1) is 102. The molecule has 0 aromatic heterocycles. The number of imide groups is 4. The molecule has 147 heavy (non-hydrogen) atoms. The minimum Gasteiger partial charge on any atom is -0.493 e. The summed E-state index contributed by atoms with van der Waals surface area (Å²) in [5.41, 5.74) is 16.7. The third kappa shape index (κ3) is 22.5. The van der Waals surface area contributed by atoms with E-state index in [4.69, 9.17) is 44.3 Å². The van der Waals surface area contributed by atoms with Gasteiger partial charge < -0.3 is 63.2 Å². The first-order chi connectivity index (χ1) is 71.6. The molecule has 12 aromatic rings. The minimum atomic E-state index is -0.289. The van der Waals surface area contributed by atoms with Gasteiger partial charge in [-0.25, -0.2) is 0 Å². The zero-order chi connectivity index (χ0) is 103. The van der Waals surface area contributed by atoms with Gasteiger partial charge in [0, 0.05) is 116 Å². The van der Waals surface area contributed by atoms with Crippen LogP contribution in [-0.4, -0.2) is 229 Å². The molecule has 7 aliphatic heterocycles. The molecular formula is C118H121N13O16. The molecule has 0 spiro atoms. The summed E-state index contributed by atoms with van der Waals surface area (Å²) in [4.78, 5) is 126. The summed E-state index contributed by atoms with van der Waals surface area (Å²) >= 11 is 0. The molecule has 1 saturated carbocycles. The third-order valence-corrected chi connectivity index (χ3v) is 28.3. The monoisotopic (exact) mass is 1980 g/mol. The van der Waals surface area contributed by atoms with Crippen LogP contribution in [0.2, 0.25) is 0 Å². The minimum absolute atomic E-state index is 0.0926. The van der Waals surface area contributed by atoms with Gasteiger partial charge in [-0.3, -0.25) is 72.7 Å². The number of carbonyl (C=O) groups excluding carboxylic acids is 8. The molecule has 7 heterocycles. The van der Waals surface area contributed by atoms with Crippen molar-refractivity contribution in [2.75, 3.05) is 155 Å². The predicted octanol–water partition coefficient (Wildman–Crippen LogP) is 16.8. The Balaban J connectivity index is 0.000000134. The zero-order valence-electron chi connectivity index (χ0n) is 84.3. The van der Waals surface area contributed by atoms with Crippen molar-refractivity contribution in [3.8, 4) is 64.4 Å². The lowest BCUT2D eigenvalue weighted by molar-refractivity contribution is 0.0627. The summed E-state index contributed by atoms with van der Waals surface area (Å²) in [7, 11) is 12.5. The van der Waals surface area contributed by atoms with Crippen LogP contribution in [0.5, 0.6) is 46.0 Å². The summed E-state index contributed by atoms with van der Waals surface area (Å²) in [5.74, 6) is 5.34. The largest absolute Gasteiger partial charge is 0.493 e. The van der Waals surface area contributed by atoms with Crippen molar-refractivity contribution in [2.45, 2.75) is 96.5 Å². The molecule has 2 N–H and O–H groups in total. The number of anilines is 4. The van der Waals surface area contributed by atoms with Crippen LogP contribution in [0.3, 0.4) is 0 Å². The molecule has 4 fully saturated rings. The van der Waals surface area contributed by atoms with E-state index in [0.29, 0.717) is 116 Å². The van der Waals surface area contributed by atoms with Gasteiger partial charge >= 0.3 is 0 Å². The van der Waals surface area contributed by atoms with Crippen molar-refractivity contribution in [2.24, 2.45) is 0 Å². The Hall–Kier alpha value is -16.3. The number of piperazine rings is 3. The van der Waals surface area contributed by atoms with Gasteiger partial charge in [-0.2, -0.15) is 5.26 Å². The van der Waals surface area contributed by atoms with Crippen LogP contribution in [0.15, 0.2) is 255 Å². The molecule has 1 aliphatic carbocycles. The highest BCUT2D eigenvalue weighted by atomic mass is 16.5. The Labute approximate surface area is 857 Å². The van der Waals surface area contributed by atoms with Crippen LogP contribution in [-0.2, 0) is 45.8 Å². The maximum absolute atomic E-state index is 13.5. The zero-order valence-corrected chi connectivity index (χ0v) is 84.3. The van der Waals surface area contributed by atoms with Gasteiger partial charge in [0.05, 0.1) is 162 Å². The number of nitriles is 1. The van der Waals surface area contributed by atoms with Gasteiger partial charge in [-0.1, -0.05) is 176 Å². The van der Waals surface area contributed by atoms with Gasteiger partial charge in [-0.15, -0.1) is 6.42 Å². The van der Waals surface area contributed by atoms with E-state index < -0.39 is 0 Å². The molecular weight excluding hydrogens is 1860 g/mol. The highest BCUT2D eigenvalue weighted by Gasteiger charge is 2.45. The molecule has 8 amide bonds. The van der Waals surface area contributed by atoms with Crippen LogP contribution < -0.4 is 63.2 Å². The van der Waals surface area contributed by atoms with Crippen molar-refractivity contribution in [1.29, 1.82) is 5.26 Å². The number of fused-ring (bicyclic) bond motifs is 4. The summed E-state index contributed by atoms with van der Waals surface area (Å²) in [6, 6.07) is 83.1. The standard InChI is InChI=1S/C30H33N3O4.C30H29N3O4.C29H28N4O4.C29H31N3O4/c1-36-26-16-15-21(17-27(26)37-2)19-33-29(34)22-11-8-14-25(28(22)30(33)35)32-24-13-7-6-12-23(24)31-18-20-9-4-3-5-10-20;1-4-24(22-9-6-5-7-10-22)31-15-17-32(18-16-31)25-12-8-11-23-28(25)30(35)33(29(23)34)20-21-13-14-26(36-2)27(19-21)37-3;1-36-25-11-10-20(16-26(25)37-2)18-33-28(34)23-8-5-9-24(27(23)29(33)35)32-14-12-31(13-15-32)19-22-7-4-3-6-21(22)17-30;1-20-6-4-7-21(16-20)18-30-12-14-31(15-13-30)24-9-5-8-23-27(24)29(34)32(28(23)33)19-22-10-11-25(35-2)26(17-22)36-3/h3-5,8-11,14-17,23-24,31-32H,6-7,12-13,18-19H2,1-2H3;1,5-14,19,24H,15-18,20H2,2-3H3;3-11,16H,12-15,18-19H2,1-2H3;4-11,16-17H,12-15,18-19H2,1-3H3/t23-,24-;;;/m1.../s1. The maximum Gasteiger partial charge on any atom is 0.263 e. The average Bonchev–Trinajstić information content (AvgIpc) is 1.62. The quantitative estimate of drug-likeness (QED) is 0.0312. The summed E-state index contributed by atoms with van der Waals surface area (Å²) in [6.45, 7) is 14.5. The number of hydrogen-bond acceptors (Lipinski definition) is 25. The fourth-order valence-corrected chi connectivity index (χ4v) is 20.6. The third-order valence-electron chi connectivity index (χ3n) is 28.3. The lowest BCUT2D eigenvalue weighted by Crippen LogP contribution is -2.47. The number of rotatable bonds is 30. The molecule has 12 aromatic carbocycles. The van der Waals surface area contributed by atoms with Gasteiger partial charge in [0.15, 0.2) is 46.0 Å². The number of aryl methyl sites for hydroxylation is 1. The van der Waals surface area contributed by atoms with E-state index in [1.54, 1.807) is 130 Å². The normalized spacial score (nSPS) is 16.7. The second kappa shape index (κ2) is 47.0. The van der Waals surface area contributed by atoms with Crippen LogP contribution in [0.25, 0.3) is 0 Å². The molecule has 754 valence electrons. The van der Waals surface area contributed by atoms with Crippen LogP contribution in [0.1, 0.15) is 170 Å². The van der Waals surface area contributed by atoms with E-state index in [0.717, 1.165) is 154 Å². The van der Waals surface area contributed by atoms with Crippen molar-refractivity contribution < 1.29 is 76.3 Å². The molecule has 3 atom stereocenters. The molecule has 8 aliphatic rings. The smallest absolute Gasteiger partial charge is 0.263 e.